The van der Waals surface area contributed by atoms with Gasteiger partial charge in [0, 0.05) is 6.08 Å². The molecule has 1 aromatic carbocycles. The van der Waals surface area contributed by atoms with Crippen LogP contribution in [-0.2, 0) is 9.53 Å². The summed E-state index contributed by atoms with van der Waals surface area (Å²) in [6, 6.07) is 8.52. The predicted molar refractivity (Wildman–Crippen MR) is 73.3 cm³/mol. The van der Waals surface area contributed by atoms with E-state index in [9.17, 15) is 4.79 Å². The quantitative estimate of drug-likeness (QED) is 0.595. The number of carbonyl (C=O) groups excluding carboxylic acids is 1. The second-order valence-corrected chi connectivity index (χ2v) is 4.86. The third kappa shape index (κ3) is 3.46. The largest absolute Gasteiger partial charge is 0.466 e. The molecular weight excluding hydrogens is 224 g/mol. The average Bonchev–Trinajstić information content (AvgIpc) is 2.46. The van der Waals surface area contributed by atoms with Crippen LogP contribution < -0.4 is 0 Å². The fourth-order valence-electron chi connectivity index (χ4n) is 2.55. The lowest BCUT2D eigenvalue weighted by Crippen LogP contribution is -2.04. The van der Waals surface area contributed by atoms with E-state index in [0.29, 0.717) is 0 Å². The standard InChI is InChI=1S/C16H20O2/c1-18-16(17)12-9-13-7-10-15(11-8-13)14-5-3-2-4-6-14/h7-12,14H,2-6H2,1H3. The molecule has 96 valence electrons. The van der Waals surface area contributed by atoms with Gasteiger partial charge in [-0.2, -0.15) is 0 Å². The summed E-state index contributed by atoms with van der Waals surface area (Å²) in [5.41, 5.74) is 2.48. The summed E-state index contributed by atoms with van der Waals surface area (Å²) in [4.78, 5) is 11.0. The molecule has 2 heteroatoms. The van der Waals surface area contributed by atoms with Crippen molar-refractivity contribution < 1.29 is 9.53 Å². The lowest BCUT2D eigenvalue weighted by molar-refractivity contribution is -0.134. The number of hydrogen-bond donors (Lipinski definition) is 0. The van der Waals surface area contributed by atoms with Crippen molar-refractivity contribution in [3.63, 3.8) is 0 Å². The molecule has 0 atom stereocenters. The summed E-state index contributed by atoms with van der Waals surface area (Å²) in [7, 11) is 1.39. The Morgan fingerprint density at radius 2 is 1.83 bits per heavy atom. The smallest absolute Gasteiger partial charge is 0.330 e. The van der Waals surface area contributed by atoms with Crippen molar-refractivity contribution in [1.29, 1.82) is 0 Å². The van der Waals surface area contributed by atoms with Crippen LogP contribution in [0.15, 0.2) is 30.3 Å². The summed E-state index contributed by atoms with van der Waals surface area (Å²) in [5.74, 6) is 0.420. The van der Waals surface area contributed by atoms with E-state index in [-0.39, 0.29) is 5.97 Å². The molecule has 0 aromatic heterocycles. The molecule has 2 nitrogen and oxygen atoms in total. The second-order valence-electron chi connectivity index (χ2n) is 4.86. The Morgan fingerprint density at radius 3 is 2.44 bits per heavy atom. The molecule has 0 saturated heterocycles. The Kier molecular flexibility index (Phi) is 4.57. The summed E-state index contributed by atoms with van der Waals surface area (Å²) in [6.07, 6.45) is 9.97. The number of esters is 1. The Hall–Kier alpha value is -1.57. The third-order valence-corrected chi connectivity index (χ3v) is 3.63. The molecule has 0 N–H and O–H groups in total. The minimum Gasteiger partial charge on any atom is -0.466 e. The number of hydrogen-bond acceptors (Lipinski definition) is 2. The fraction of sp³-hybridized carbons (Fsp3) is 0.438. The summed E-state index contributed by atoms with van der Waals surface area (Å²) >= 11 is 0. The lowest BCUT2D eigenvalue weighted by atomic mass is 9.84. The van der Waals surface area contributed by atoms with Gasteiger partial charge >= 0.3 is 5.97 Å². The molecule has 0 aliphatic heterocycles. The highest BCUT2D eigenvalue weighted by molar-refractivity contribution is 5.86. The molecule has 1 fully saturated rings. The first-order valence-electron chi connectivity index (χ1n) is 6.65. The SMILES string of the molecule is COC(=O)C=Cc1ccc(C2CCCCC2)cc1. The van der Waals surface area contributed by atoms with Crippen molar-refractivity contribution in [2.45, 2.75) is 38.0 Å². The normalized spacial score (nSPS) is 16.9. The molecule has 0 bridgehead atoms. The number of ether oxygens (including phenoxy) is 1. The lowest BCUT2D eigenvalue weighted by Gasteiger charge is -2.21. The maximum Gasteiger partial charge on any atom is 0.330 e. The van der Waals surface area contributed by atoms with E-state index in [0.717, 1.165) is 11.5 Å². The van der Waals surface area contributed by atoms with Gasteiger partial charge in [-0.15, -0.1) is 0 Å². The zero-order valence-electron chi connectivity index (χ0n) is 10.9. The molecule has 0 heterocycles. The van der Waals surface area contributed by atoms with Crippen molar-refractivity contribution in [1.82, 2.24) is 0 Å². The summed E-state index contributed by atoms with van der Waals surface area (Å²) < 4.78 is 4.57. The van der Waals surface area contributed by atoms with Crippen LogP contribution >= 0.6 is 0 Å². The van der Waals surface area contributed by atoms with Gasteiger partial charge in [-0.05, 0) is 36.0 Å². The molecule has 0 unspecified atom stereocenters. The van der Waals surface area contributed by atoms with Crippen molar-refractivity contribution in [3.8, 4) is 0 Å². The van der Waals surface area contributed by atoms with E-state index in [2.05, 4.69) is 29.0 Å². The van der Waals surface area contributed by atoms with Gasteiger partial charge in [0.2, 0.25) is 0 Å². The zero-order chi connectivity index (χ0) is 12.8. The van der Waals surface area contributed by atoms with E-state index in [1.807, 2.05) is 0 Å². The molecule has 1 aliphatic carbocycles. The van der Waals surface area contributed by atoms with Crippen LogP contribution in [0.4, 0.5) is 0 Å². The Bertz CT molecular complexity index is 411. The van der Waals surface area contributed by atoms with Crippen molar-refractivity contribution in [2.75, 3.05) is 7.11 Å². The molecule has 0 radical (unpaired) electrons. The van der Waals surface area contributed by atoms with E-state index in [1.54, 1.807) is 6.08 Å². The maximum atomic E-state index is 11.0. The maximum absolute atomic E-state index is 11.0. The van der Waals surface area contributed by atoms with Gasteiger partial charge < -0.3 is 4.74 Å². The molecule has 2 rings (SSSR count). The first-order chi connectivity index (χ1) is 8.79. The van der Waals surface area contributed by atoms with Gasteiger partial charge in [-0.1, -0.05) is 43.5 Å². The molecule has 0 amide bonds. The number of carbonyl (C=O) groups is 1. The average molecular weight is 244 g/mol. The molecule has 1 aliphatic rings. The number of rotatable bonds is 3. The highest BCUT2D eigenvalue weighted by Crippen LogP contribution is 2.32. The van der Waals surface area contributed by atoms with Gasteiger partial charge in [0.05, 0.1) is 7.11 Å². The molecule has 18 heavy (non-hydrogen) atoms. The van der Waals surface area contributed by atoms with Crippen molar-refractivity contribution >= 4 is 12.0 Å². The van der Waals surface area contributed by atoms with Crippen molar-refractivity contribution in [3.05, 3.63) is 41.5 Å². The Balaban J connectivity index is 2.00. The topological polar surface area (TPSA) is 26.3 Å². The van der Waals surface area contributed by atoms with Crippen LogP contribution in [0.5, 0.6) is 0 Å². The first kappa shape index (κ1) is 12.9. The van der Waals surface area contributed by atoms with Gasteiger partial charge in [-0.25, -0.2) is 4.79 Å². The van der Waals surface area contributed by atoms with Crippen LogP contribution in [0, 0.1) is 0 Å². The van der Waals surface area contributed by atoms with Crippen molar-refractivity contribution in [2.24, 2.45) is 0 Å². The molecule has 0 spiro atoms. The monoisotopic (exact) mass is 244 g/mol. The third-order valence-electron chi connectivity index (χ3n) is 3.63. The summed E-state index contributed by atoms with van der Waals surface area (Å²) in [6.45, 7) is 0. The fourth-order valence-corrected chi connectivity index (χ4v) is 2.55. The number of methoxy groups -OCH3 is 1. The Morgan fingerprint density at radius 1 is 1.17 bits per heavy atom. The summed E-state index contributed by atoms with van der Waals surface area (Å²) in [5, 5.41) is 0. The van der Waals surface area contributed by atoms with Crippen LogP contribution in [0.2, 0.25) is 0 Å². The zero-order valence-corrected chi connectivity index (χ0v) is 10.9. The second kappa shape index (κ2) is 6.39. The van der Waals surface area contributed by atoms with Crippen LogP contribution in [0.3, 0.4) is 0 Å². The van der Waals surface area contributed by atoms with Gasteiger partial charge in [0.15, 0.2) is 0 Å². The number of benzene rings is 1. The highest BCUT2D eigenvalue weighted by Gasteiger charge is 2.14. The van der Waals surface area contributed by atoms with Gasteiger partial charge in [-0.3, -0.25) is 0 Å². The van der Waals surface area contributed by atoms with E-state index in [1.165, 1.54) is 50.9 Å². The van der Waals surface area contributed by atoms with E-state index in [4.69, 9.17) is 0 Å². The van der Waals surface area contributed by atoms with Gasteiger partial charge in [0.1, 0.15) is 0 Å². The minimum atomic E-state index is -0.314. The van der Waals surface area contributed by atoms with Gasteiger partial charge in [0.25, 0.3) is 0 Å². The van der Waals surface area contributed by atoms with E-state index < -0.39 is 0 Å². The molecule has 1 saturated carbocycles. The first-order valence-corrected chi connectivity index (χ1v) is 6.65. The van der Waals surface area contributed by atoms with E-state index >= 15 is 0 Å². The minimum absolute atomic E-state index is 0.314. The Labute approximate surface area is 109 Å². The van der Waals surface area contributed by atoms with Crippen LogP contribution in [0.1, 0.15) is 49.1 Å². The van der Waals surface area contributed by atoms with Crippen LogP contribution in [0.25, 0.3) is 6.08 Å². The predicted octanol–water partition coefficient (Wildman–Crippen LogP) is 3.92. The van der Waals surface area contributed by atoms with Crippen LogP contribution in [-0.4, -0.2) is 13.1 Å². The highest BCUT2D eigenvalue weighted by atomic mass is 16.5. The molecular formula is C16H20O2. The molecule has 1 aromatic rings.